The summed E-state index contributed by atoms with van der Waals surface area (Å²) in [4.78, 5) is 33.0. The van der Waals surface area contributed by atoms with Gasteiger partial charge in [-0.1, -0.05) is 18.2 Å². The van der Waals surface area contributed by atoms with E-state index in [0.717, 1.165) is 10.1 Å². The summed E-state index contributed by atoms with van der Waals surface area (Å²) in [6, 6.07) is 8.08. The molecular formula is C20H17F3N4O3S. The SMILES string of the molecule is CC1(C)C(=O)NC(=O)N1CCOc1ncc(C(F)(F)F)c(-c2cc3ccccc3s2)n1. The van der Waals surface area contributed by atoms with E-state index in [0.29, 0.717) is 11.1 Å². The number of rotatable bonds is 5. The van der Waals surface area contributed by atoms with E-state index in [-0.39, 0.29) is 24.9 Å². The Hall–Kier alpha value is -3.21. The third kappa shape index (κ3) is 3.92. The first-order valence-corrected chi connectivity index (χ1v) is 10.1. The lowest BCUT2D eigenvalue weighted by Gasteiger charge is -2.27. The van der Waals surface area contributed by atoms with Gasteiger partial charge < -0.3 is 9.64 Å². The Bertz CT molecular complexity index is 1140. The molecule has 31 heavy (non-hydrogen) atoms. The number of carbonyl (C=O) groups excluding carboxylic acids is 2. The molecule has 0 radical (unpaired) electrons. The number of amides is 3. The van der Waals surface area contributed by atoms with E-state index in [1.165, 1.54) is 16.2 Å². The number of hydrogen-bond acceptors (Lipinski definition) is 6. The van der Waals surface area contributed by atoms with Gasteiger partial charge in [0.25, 0.3) is 5.91 Å². The van der Waals surface area contributed by atoms with Crippen LogP contribution < -0.4 is 10.1 Å². The summed E-state index contributed by atoms with van der Waals surface area (Å²) in [7, 11) is 0. The second kappa shape index (κ2) is 7.49. The lowest BCUT2D eigenvalue weighted by atomic mass is 10.1. The zero-order valence-electron chi connectivity index (χ0n) is 16.5. The molecule has 1 aliphatic rings. The van der Waals surface area contributed by atoms with Crippen LogP contribution >= 0.6 is 11.3 Å². The minimum absolute atomic E-state index is 0.0349. The van der Waals surface area contributed by atoms with E-state index in [4.69, 9.17) is 4.74 Å². The quantitative estimate of drug-likeness (QED) is 0.592. The number of thiophene rings is 1. The normalized spacial score (nSPS) is 16.1. The number of benzene rings is 1. The van der Waals surface area contributed by atoms with Crippen LogP contribution in [-0.4, -0.2) is 45.5 Å². The van der Waals surface area contributed by atoms with Crippen molar-refractivity contribution in [3.05, 3.63) is 42.1 Å². The maximum absolute atomic E-state index is 13.5. The van der Waals surface area contributed by atoms with Gasteiger partial charge >= 0.3 is 18.2 Å². The maximum Gasteiger partial charge on any atom is 0.420 e. The van der Waals surface area contributed by atoms with Gasteiger partial charge in [0.1, 0.15) is 17.7 Å². The van der Waals surface area contributed by atoms with Crippen molar-refractivity contribution in [1.82, 2.24) is 20.2 Å². The number of fused-ring (bicyclic) bond motifs is 1. The number of nitrogens with zero attached hydrogens (tertiary/aromatic N) is 3. The van der Waals surface area contributed by atoms with E-state index in [1.54, 1.807) is 26.0 Å². The fraction of sp³-hybridized carbons (Fsp3) is 0.300. The van der Waals surface area contributed by atoms with Crippen LogP contribution in [0.15, 0.2) is 36.5 Å². The van der Waals surface area contributed by atoms with Gasteiger partial charge in [-0.3, -0.25) is 10.1 Å². The van der Waals surface area contributed by atoms with Crippen molar-refractivity contribution in [2.24, 2.45) is 0 Å². The molecule has 0 bridgehead atoms. The number of ether oxygens (including phenoxy) is 1. The van der Waals surface area contributed by atoms with Gasteiger partial charge in [0, 0.05) is 10.9 Å². The van der Waals surface area contributed by atoms with Gasteiger partial charge in [-0.15, -0.1) is 11.3 Å². The molecule has 1 N–H and O–H groups in total. The van der Waals surface area contributed by atoms with Gasteiger partial charge in [-0.25, -0.2) is 9.78 Å². The van der Waals surface area contributed by atoms with Crippen LogP contribution in [0.2, 0.25) is 0 Å². The smallest absolute Gasteiger partial charge is 0.420 e. The molecule has 3 heterocycles. The lowest BCUT2D eigenvalue weighted by molar-refractivity contribution is -0.137. The Balaban J connectivity index is 1.59. The second-order valence-electron chi connectivity index (χ2n) is 7.38. The molecule has 11 heteroatoms. The Morgan fingerprint density at radius 3 is 2.61 bits per heavy atom. The molecule has 1 aromatic carbocycles. The molecular weight excluding hydrogens is 433 g/mol. The Morgan fingerprint density at radius 2 is 1.97 bits per heavy atom. The highest BCUT2D eigenvalue weighted by Gasteiger charge is 2.45. The Morgan fingerprint density at radius 1 is 1.23 bits per heavy atom. The summed E-state index contributed by atoms with van der Waals surface area (Å²) < 4.78 is 46.9. The Labute approximate surface area is 178 Å². The fourth-order valence-corrected chi connectivity index (χ4v) is 4.30. The molecule has 1 aliphatic heterocycles. The van der Waals surface area contributed by atoms with Crippen LogP contribution in [0.4, 0.5) is 18.0 Å². The monoisotopic (exact) mass is 450 g/mol. The lowest BCUT2D eigenvalue weighted by Crippen LogP contribution is -2.46. The summed E-state index contributed by atoms with van der Waals surface area (Å²) in [5, 5.41) is 3.02. The van der Waals surface area contributed by atoms with Crippen LogP contribution in [0.3, 0.4) is 0 Å². The molecule has 1 saturated heterocycles. The molecule has 0 atom stereocenters. The average molecular weight is 450 g/mol. The topological polar surface area (TPSA) is 84.4 Å². The molecule has 0 saturated carbocycles. The molecule has 4 rings (SSSR count). The van der Waals surface area contributed by atoms with E-state index >= 15 is 0 Å². The molecule has 3 amide bonds. The number of urea groups is 1. The first-order chi connectivity index (χ1) is 14.6. The predicted octanol–water partition coefficient (Wildman–Crippen LogP) is 4.09. The van der Waals surface area contributed by atoms with Gasteiger partial charge in [0.05, 0.1) is 17.1 Å². The second-order valence-corrected chi connectivity index (χ2v) is 8.46. The highest BCUT2D eigenvalue weighted by molar-refractivity contribution is 7.22. The summed E-state index contributed by atoms with van der Waals surface area (Å²) >= 11 is 1.19. The van der Waals surface area contributed by atoms with Crippen molar-refractivity contribution in [1.29, 1.82) is 0 Å². The van der Waals surface area contributed by atoms with Gasteiger partial charge in [0.15, 0.2) is 0 Å². The van der Waals surface area contributed by atoms with Crippen molar-refractivity contribution in [2.45, 2.75) is 25.6 Å². The van der Waals surface area contributed by atoms with Crippen molar-refractivity contribution in [3.63, 3.8) is 0 Å². The van der Waals surface area contributed by atoms with E-state index in [9.17, 15) is 22.8 Å². The molecule has 1 fully saturated rings. The summed E-state index contributed by atoms with van der Waals surface area (Å²) in [6.07, 6.45) is -3.94. The van der Waals surface area contributed by atoms with Crippen molar-refractivity contribution in [2.75, 3.05) is 13.2 Å². The van der Waals surface area contributed by atoms with Gasteiger partial charge in [-0.05, 0) is 31.4 Å². The van der Waals surface area contributed by atoms with Crippen molar-refractivity contribution < 1.29 is 27.5 Å². The number of nitrogens with one attached hydrogen (secondary N) is 1. The minimum atomic E-state index is -4.64. The zero-order valence-corrected chi connectivity index (χ0v) is 17.3. The molecule has 0 aliphatic carbocycles. The van der Waals surface area contributed by atoms with E-state index in [2.05, 4.69) is 15.3 Å². The van der Waals surface area contributed by atoms with Crippen molar-refractivity contribution in [3.8, 4) is 16.6 Å². The highest BCUT2D eigenvalue weighted by Crippen LogP contribution is 2.40. The molecule has 0 spiro atoms. The summed E-state index contributed by atoms with van der Waals surface area (Å²) in [5.41, 5.74) is -2.28. The number of halogens is 3. The van der Waals surface area contributed by atoms with Gasteiger partial charge in [-0.2, -0.15) is 18.2 Å². The van der Waals surface area contributed by atoms with Crippen LogP contribution in [-0.2, 0) is 11.0 Å². The predicted molar refractivity (Wildman–Crippen MR) is 108 cm³/mol. The van der Waals surface area contributed by atoms with E-state index in [1.807, 2.05) is 18.2 Å². The van der Waals surface area contributed by atoms with Crippen LogP contribution in [0.25, 0.3) is 20.7 Å². The van der Waals surface area contributed by atoms with E-state index < -0.39 is 29.2 Å². The van der Waals surface area contributed by atoms with Crippen LogP contribution in [0, 0.1) is 0 Å². The number of hydrogen-bond donors (Lipinski definition) is 1. The molecule has 7 nitrogen and oxygen atoms in total. The Kier molecular flexibility index (Phi) is 5.08. The number of carbonyl (C=O) groups is 2. The molecule has 162 valence electrons. The average Bonchev–Trinajstić information content (AvgIpc) is 3.21. The van der Waals surface area contributed by atoms with Crippen LogP contribution in [0.5, 0.6) is 6.01 Å². The number of imide groups is 1. The largest absolute Gasteiger partial charge is 0.462 e. The fourth-order valence-electron chi connectivity index (χ4n) is 3.23. The first kappa shape index (κ1) is 21.0. The summed E-state index contributed by atoms with van der Waals surface area (Å²) in [5.74, 6) is -0.435. The molecule has 2 aromatic heterocycles. The molecule has 3 aromatic rings. The maximum atomic E-state index is 13.5. The molecule has 0 unspecified atom stereocenters. The van der Waals surface area contributed by atoms with Gasteiger partial charge in [0.2, 0.25) is 0 Å². The number of aromatic nitrogens is 2. The summed E-state index contributed by atoms with van der Waals surface area (Å²) in [6.45, 7) is 3.11. The highest BCUT2D eigenvalue weighted by atomic mass is 32.1. The minimum Gasteiger partial charge on any atom is -0.462 e. The third-order valence-corrected chi connectivity index (χ3v) is 6.10. The zero-order chi connectivity index (χ0) is 22.4. The first-order valence-electron chi connectivity index (χ1n) is 9.26. The standard InChI is InChI=1S/C20H17F3N4O3S/c1-19(2)16(28)26-18(29)27(19)7-8-30-17-24-10-12(20(21,22)23)15(25-17)14-9-11-5-3-4-6-13(11)31-14/h3-6,9-10H,7-8H2,1-2H3,(H,26,28,29). The van der Waals surface area contributed by atoms with Crippen LogP contribution in [0.1, 0.15) is 19.4 Å². The number of alkyl halides is 3. The van der Waals surface area contributed by atoms with Crippen molar-refractivity contribution >= 4 is 33.4 Å². The third-order valence-electron chi connectivity index (χ3n) is 4.97.